The molecule has 13 heavy (non-hydrogen) atoms. The first kappa shape index (κ1) is 12.9. The minimum atomic E-state index is -2.82. The Morgan fingerprint density at radius 1 is 1.31 bits per heavy atom. The van der Waals surface area contributed by atoms with E-state index in [-0.39, 0.29) is 5.75 Å². The lowest BCUT2D eigenvalue weighted by Gasteiger charge is -2.15. The summed E-state index contributed by atoms with van der Waals surface area (Å²) < 4.78 is 21.8. The molecule has 0 saturated heterocycles. The first-order valence-electron chi connectivity index (χ1n) is 4.73. The Labute approximate surface area is 81.6 Å². The standard InChI is InChI=1S/C9H21NO2S/c1-8(2)6-9(7-10)4-5-13(3,11)12/h8-9H,4-7,10H2,1-3H3. The fraction of sp³-hybridized carbons (Fsp3) is 1.00. The van der Waals surface area contributed by atoms with Gasteiger partial charge in [0.2, 0.25) is 0 Å². The second kappa shape index (κ2) is 5.60. The number of rotatable bonds is 6. The zero-order chi connectivity index (χ0) is 10.5. The van der Waals surface area contributed by atoms with Crippen LogP contribution in [0.3, 0.4) is 0 Å². The molecule has 1 atom stereocenters. The van der Waals surface area contributed by atoms with Crippen LogP contribution in [0.5, 0.6) is 0 Å². The van der Waals surface area contributed by atoms with Gasteiger partial charge in [-0.3, -0.25) is 0 Å². The molecule has 3 nitrogen and oxygen atoms in total. The van der Waals surface area contributed by atoms with E-state index < -0.39 is 9.84 Å². The van der Waals surface area contributed by atoms with Crippen molar-refractivity contribution in [2.45, 2.75) is 26.7 Å². The maximum atomic E-state index is 10.9. The molecule has 0 aromatic rings. The lowest BCUT2D eigenvalue weighted by molar-refractivity contribution is 0.406. The van der Waals surface area contributed by atoms with Crippen molar-refractivity contribution in [2.24, 2.45) is 17.6 Å². The molecule has 0 heterocycles. The highest BCUT2D eigenvalue weighted by atomic mass is 32.2. The van der Waals surface area contributed by atoms with Crippen LogP contribution in [0.1, 0.15) is 26.7 Å². The molecule has 4 heteroatoms. The van der Waals surface area contributed by atoms with Crippen LogP contribution >= 0.6 is 0 Å². The summed E-state index contributed by atoms with van der Waals surface area (Å²) in [5, 5.41) is 0. The van der Waals surface area contributed by atoms with Crippen molar-refractivity contribution in [1.82, 2.24) is 0 Å². The molecule has 0 aliphatic heterocycles. The monoisotopic (exact) mass is 207 g/mol. The Morgan fingerprint density at radius 2 is 1.85 bits per heavy atom. The van der Waals surface area contributed by atoms with E-state index in [4.69, 9.17) is 5.73 Å². The molecule has 0 radical (unpaired) electrons. The first-order valence-corrected chi connectivity index (χ1v) is 6.79. The second-order valence-electron chi connectivity index (χ2n) is 4.15. The lowest BCUT2D eigenvalue weighted by Crippen LogP contribution is -2.19. The maximum Gasteiger partial charge on any atom is 0.147 e. The van der Waals surface area contributed by atoms with Crippen LogP contribution in [-0.2, 0) is 9.84 Å². The number of sulfone groups is 1. The Bertz CT molecular complexity index is 222. The molecule has 0 aromatic heterocycles. The molecule has 0 aliphatic carbocycles. The number of nitrogens with two attached hydrogens (primary N) is 1. The van der Waals surface area contributed by atoms with E-state index in [1.54, 1.807) is 0 Å². The Kier molecular flexibility index (Phi) is 5.56. The summed E-state index contributed by atoms with van der Waals surface area (Å²) in [6.07, 6.45) is 3.00. The van der Waals surface area contributed by atoms with Crippen LogP contribution in [0.4, 0.5) is 0 Å². The van der Waals surface area contributed by atoms with Crippen LogP contribution in [0.2, 0.25) is 0 Å². The molecular formula is C9H21NO2S. The van der Waals surface area contributed by atoms with Gasteiger partial charge in [0, 0.05) is 6.26 Å². The fourth-order valence-corrected chi connectivity index (χ4v) is 2.14. The van der Waals surface area contributed by atoms with Gasteiger partial charge in [-0.25, -0.2) is 8.42 Å². The molecule has 0 spiro atoms. The Balaban J connectivity index is 3.86. The summed E-state index contributed by atoms with van der Waals surface area (Å²) in [5.74, 6) is 1.21. The quantitative estimate of drug-likeness (QED) is 0.708. The molecular weight excluding hydrogens is 186 g/mol. The first-order chi connectivity index (χ1) is 5.85. The van der Waals surface area contributed by atoms with E-state index in [1.165, 1.54) is 6.26 Å². The van der Waals surface area contributed by atoms with Crippen LogP contribution < -0.4 is 5.73 Å². The van der Waals surface area contributed by atoms with Crippen LogP contribution in [0, 0.1) is 11.8 Å². The van der Waals surface area contributed by atoms with Gasteiger partial charge in [0.1, 0.15) is 9.84 Å². The van der Waals surface area contributed by atoms with E-state index in [9.17, 15) is 8.42 Å². The van der Waals surface area contributed by atoms with Crippen LogP contribution in [0.15, 0.2) is 0 Å². The molecule has 0 bridgehead atoms. The van der Waals surface area contributed by atoms with Crippen molar-refractivity contribution in [3.05, 3.63) is 0 Å². The minimum absolute atomic E-state index is 0.265. The van der Waals surface area contributed by atoms with E-state index in [2.05, 4.69) is 13.8 Å². The predicted molar refractivity (Wildman–Crippen MR) is 56.3 cm³/mol. The predicted octanol–water partition coefficient (Wildman–Crippen LogP) is 1.04. The molecule has 0 aliphatic rings. The minimum Gasteiger partial charge on any atom is -0.330 e. The molecule has 0 saturated carbocycles. The molecule has 0 amide bonds. The van der Waals surface area contributed by atoms with E-state index in [1.807, 2.05) is 0 Å². The third-order valence-corrected chi connectivity index (χ3v) is 3.01. The average Bonchev–Trinajstić information content (AvgIpc) is 1.95. The van der Waals surface area contributed by atoms with Gasteiger partial charge in [0.05, 0.1) is 5.75 Å². The summed E-state index contributed by atoms with van der Waals surface area (Å²) in [6, 6.07) is 0. The molecule has 80 valence electrons. The topological polar surface area (TPSA) is 60.2 Å². The Morgan fingerprint density at radius 3 is 2.15 bits per heavy atom. The van der Waals surface area contributed by atoms with E-state index >= 15 is 0 Å². The van der Waals surface area contributed by atoms with Crippen molar-refractivity contribution in [1.29, 1.82) is 0 Å². The summed E-state index contributed by atoms with van der Waals surface area (Å²) in [5.41, 5.74) is 5.56. The summed E-state index contributed by atoms with van der Waals surface area (Å²) >= 11 is 0. The van der Waals surface area contributed by atoms with Gasteiger partial charge >= 0.3 is 0 Å². The van der Waals surface area contributed by atoms with Gasteiger partial charge in [-0.05, 0) is 31.2 Å². The van der Waals surface area contributed by atoms with Gasteiger partial charge in [0.25, 0.3) is 0 Å². The van der Waals surface area contributed by atoms with Gasteiger partial charge in [0.15, 0.2) is 0 Å². The van der Waals surface area contributed by atoms with Crippen LogP contribution in [0.25, 0.3) is 0 Å². The largest absolute Gasteiger partial charge is 0.330 e. The van der Waals surface area contributed by atoms with Crippen molar-refractivity contribution in [3.63, 3.8) is 0 Å². The number of hydrogen-bond acceptors (Lipinski definition) is 3. The van der Waals surface area contributed by atoms with Gasteiger partial charge in [-0.15, -0.1) is 0 Å². The number of hydrogen-bond donors (Lipinski definition) is 1. The fourth-order valence-electron chi connectivity index (χ4n) is 1.38. The zero-order valence-electron chi connectivity index (χ0n) is 8.79. The van der Waals surface area contributed by atoms with Crippen molar-refractivity contribution in [3.8, 4) is 0 Å². The van der Waals surface area contributed by atoms with Crippen molar-refractivity contribution < 1.29 is 8.42 Å². The highest BCUT2D eigenvalue weighted by molar-refractivity contribution is 7.90. The lowest BCUT2D eigenvalue weighted by atomic mass is 9.95. The third kappa shape index (κ3) is 8.25. The van der Waals surface area contributed by atoms with E-state index in [0.717, 1.165) is 6.42 Å². The highest BCUT2D eigenvalue weighted by Crippen LogP contribution is 2.14. The van der Waals surface area contributed by atoms with E-state index in [0.29, 0.717) is 24.8 Å². The maximum absolute atomic E-state index is 10.9. The molecule has 1 unspecified atom stereocenters. The molecule has 0 rings (SSSR count). The van der Waals surface area contributed by atoms with Crippen LogP contribution in [-0.4, -0.2) is 27.0 Å². The highest BCUT2D eigenvalue weighted by Gasteiger charge is 2.12. The molecule has 2 N–H and O–H groups in total. The molecule has 0 fully saturated rings. The van der Waals surface area contributed by atoms with Gasteiger partial charge in [-0.2, -0.15) is 0 Å². The molecule has 0 aromatic carbocycles. The normalized spacial score (nSPS) is 14.8. The third-order valence-electron chi connectivity index (χ3n) is 2.03. The van der Waals surface area contributed by atoms with Gasteiger partial charge in [-0.1, -0.05) is 13.8 Å². The summed E-state index contributed by atoms with van der Waals surface area (Å²) in [6.45, 7) is 4.85. The summed E-state index contributed by atoms with van der Waals surface area (Å²) in [7, 11) is -2.82. The van der Waals surface area contributed by atoms with Crippen molar-refractivity contribution in [2.75, 3.05) is 18.6 Å². The van der Waals surface area contributed by atoms with Gasteiger partial charge < -0.3 is 5.73 Å². The summed E-state index contributed by atoms with van der Waals surface area (Å²) in [4.78, 5) is 0. The zero-order valence-corrected chi connectivity index (χ0v) is 9.60. The smallest absolute Gasteiger partial charge is 0.147 e. The Hall–Kier alpha value is -0.0900. The average molecular weight is 207 g/mol. The SMILES string of the molecule is CC(C)CC(CN)CCS(C)(=O)=O. The van der Waals surface area contributed by atoms with Crippen molar-refractivity contribution >= 4 is 9.84 Å². The second-order valence-corrected chi connectivity index (χ2v) is 6.41.